The lowest BCUT2D eigenvalue weighted by Crippen LogP contribution is -2.30. The molecule has 2 aromatic rings. The Morgan fingerprint density at radius 1 is 1.29 bits per heavy atom. The van der Waals surface area contributed by atoms with Gasteiger partial charge in [0, 0.05) is 17.6 Å². The minimum absolute atomic E-state index is 0.253. The number of nitrogens with one attached hydrogen (secondary N) is 2. The molecule has 21 heavy (non-hydrogen) atoms. The topological polar surface area (TPSA) is 91.3 Å². The van der Waals surface area contributed by atoms with Crippen LogP contribution in [0.1, 0.15) is 20.8 Å². The number of thiazole rings is 1. The molecule has 0 fully saturated rings. The van der Waals surface area contributed by atoms with E-state index in [-0.39, 0.29) is 11.6 Å². The molecule has 1 aromatic carbocycles. The first-order chi connectivity index (χ1) is 10.0. The molecule has 0 saturated carbocycles. The van der Waals surface area contributed by atoms with Gasteiger partial charge < -0.3 is 10.4 Å². The van der Waals surface area contributed by atoms with Gasteiger partial charge in [0.25, 0.3) is 0 Å². The number of urea groups is 1. The van der Waals surface area contributed by atoms with Crippen molar-refractivity contribution >= 4 is 28.5 Å². The number of aryl methyl sites for hydroxylation is 1. The SMILES string of the molecule is Cc1cnc(NC(=O)NCCc2ccc(C(=O)O)cc2)s1. The number of anilines is 1. The Morgan fingerprint density at radius 3 is 2.57 bits per heavy atom. The summed E-state index contributed by atoms with van der Waals surface area (Å²) in [5, 5.41) is 14.7. The predicted octanol–water partition coefficient (Wildman–Crippen LogP) is 2.51. The Labute approximate surface area is 125 Å². The molecule has 1 heterocycles. The average molecular weight is 305 g/mol. The van der Waals surface area contributed by atoms with Crippen molar-refractivity contribution in [2.45, 2.75) is 13.3 Å². The third-order valence-electron chi connectivity index (χ3n) is 2.74. The van der Waals surface area contributed by atoms with E-state index in [1.54, 1.807) is 30.5 Å². The van der Waals surface area contributed by atoms with E-state index >= 15 is 0 Å². The molecule has 0 bridgehead atoms. The van der Waals surface area contributed by atoms with Crippen molar-refractivity contribution in [3.63, 3.8) is 0 Å². The van der Waals surface area contributed by atoms with E-state index in [0.717, 1.165) is 10.4 Å². The fraction of sp³-hybridized carbons (Fsp3) is 0.214. The van der Waals surface area contributed by atoms with Gasteiger partial charge in [-0.2, -0.15) is 0 Å². The van der Waals surface area contributed by atoms with Crippen LogP contribution in [-0.2, 0) is 6.42 Å². The summed E-state index contributed by atoms with van der Waals surface area (Å²) in [5.41, 5.74) is 1.22. The molecule has 1 aromatic heterocycles. The highest BCUT2D eigenvalue weighted by molar-refractivity contribution is 7.15. The van der Waals surface area contributed by atoms with Crippen LogP contribution in [0, 0.1) is 6.92 Å². The van der Waals surface area contributed by atoms with Gasteiger partial charge in [-0.15, -0.1) is 11.3 Å². The quantitative estimate of drug-likeness (QED) is 0.791. The number of amides is 2. The summed E-state index contributed by atoms with van der Waals surface area (Å²) in [5.74, 6) is -0.946. The van der Waals surface area contributed by atoms with E-state index in [4.69, 9.17) is 5.11 Å². The molecule has 2 rings (SSSR count). The highest BCUT2D eigenvalue weighted by atomic mass is 32.1. The van der Waals surface area contributed by atoms with Gasteiger partial charge in [-0.05, 0) is 31.0 Å². The van der Waals surface area contributed by atoms with Gasteiger partial charge in [-0.3, -0.25) is 5.32 Å². The highest BCUT2D eigenvalue weighted by Gasteiger charge is 2.05. The summed E-state index contributed by atoms with van der Waals surface area (Å²) < 4.78 is 0. The molecular formula is C14H15N3O3S. The average Bonchev–Trinajstić information content (AvgIpc) is 2.84. The third-order valence-corrected chi connectivity index (χ3v) is 3.57. The maximum Gasteiger partial charge on any atom is 0.335 e. The zero-order valence-corrected chi connectivity index (χ0v) is 12.2. The summed E-state index contributed by atoms with van der Waals surface area (Å²) in [4.78, 5) is 27.4. The Bertz CT molecular complexity index is 637. The van der Waals surface area contributed by atoms with E-state index in [9.17, 15) is 9.59 Å². The molecule has 110 valence electrons. The second-order valence-electron chi connectivity index (χ2n) is 4.41. The van der Waals surface area contributed by atoms with Crippen molar-refractivity contribution in [3.8, 4) is 0 Å². The van der Waals surface area contributed by atoms with Gasteiger partial charge in [-0.25, -0.2) is 14.6 Å². The molecule has 2 amide bonds. The van der Waals surface area contributed by atoms with E-state index in [1.807, 2.05) is 6.92 Å². The van der Waals surface area contributed by atoms with Crippen LogP contribution in [0.5, 0.6) is 0 Å². The maximum absolute atomic E-state index is 11.6. The number of rotatable bonds is 5. The van der Waals surface area contributed by atoms with Gasteiger partial charge >= 0.3 is 12.0 Å². The lowest BCUT2D eigenvalue weighted by molar-refractivity contribution is 0.0697. The summed E-state index contributed by atoms with van der Waals surface area (Å²) in [6.45, 7) is 2.38. The van der Waals surface area contributed by atoms with Crippen molar-refractivity contribution < 1.29 is 14.7 Å². The molecule has 0 aliphatic rings. The van der Waals surface area contributed by atoms with Crippen molar-refractivity contribution in [3.05, 3.63) is 46.5 Å². The van der Waals surface area contributed by atoms with Crippen LogP contribution in [0.4, 0.5) is 9.93 Å². The minimum atomic E-state index is -0.946. The first-order valence-electron chi connectivity index (χ1n) is 6.34. The monoisotopic (exact) mass is 305 g/mol. The number of carboxylic acids is 1. The number of hydrogen-bond donors (Lipinski definition) is 3. The number of carbonyl (C=O) groups excluding carboxylic acids is 1. The van der Waals surface area contributed by atoms with Gasteiger partial charge in [0.15, 0.2) is 5.13 Å². The van der Waals surface area contributed by atoms with Crippen LogP contribution >= 0.6 is 11.3 Å². The van der Waals surface area contributed by atoms with Crippen LogP contribution in [-0.4, -0.2) is 28.6 Å². The molecular weight excluding hydrogens is 290 g/mol. The molecule has 0 radical (unpaired) electrons. The number of benzene rings is 1. The summed E-state index contributed by atoms with van der Waals surface area (Å²) in [6.07, 6.45) is 2.33. The van der Waals surface area contributed by atoms with E-state index in [0.29, 0.717) is 18.1 Å². The second kappa shape index (κ2) is 6.85. The Balaban J connectivity index is 1.76. The van der Waals surface area contributed by atoms with Crippen molar-refractivity contribution in [2.24, 2.45) is 0 Å². The Morgan fingerprint density at radius 2 is 2.00 bits per heavy atom. The molecule has 0 aliphatic heterocycles. The van der Waals surface area contributed by atoms with Crippen LogP contribution < -0.4 is 10.6 Å². The van der Waals surface area contributed by atoms with Gasteiger partial charge in [0.1, 0.15) is 0 Å². The lowest BCUT2D eigenvalue weighted by Gasteiger charge is -2.05. The predicted molar refractivity (Wildman–Crippen MR) is 81.0 cm³/mol. The smallest absolute Gasteiger partial charge is 0.335 e. The molecule has 0 saturated heterocycles. The second-order valence-corrected chi connectivity index (χ2v) is 5.64. The van der Waals surface area contributed by atoms with Crippen LogP contribution in [0.25, 0.3) is 0 Å². The third kappa shape index (κ3) is 4.57. The van der Waals surface area contributed by atoms with E-state index < -0.39 is 5.97 Å². The first kappa shape index (κ1) is 15.0. The van der Waals surface area contributed by atoms with Crippen molar-refractivity contribution in [2.75, 3.05) is 11.9 Å². The summed E-state index contributed by atoms with van der Waals surface area (Å²) in [6, 6.07) is 6.29. The fourth-order valence-electron chi connectivity index (χ4n) is 1.69. The molecule has 6 nitrogen and oxygen atoms in total. The highest BCUT2D eigenvalue weighted by Crippen LogP contribution is 2.15. The molecule has 3 N–H and O–H groups in total. The molecule has 7 heteroatoms. The number of carboxylic acid groups (broad SMARTS) is 1. The van der Waals surface area contributed by atoms with Crippen molar-refractivity contribution in [1.29, 1.82) is 0 Å². The minimum Gasteiger partial charge on any atom is -0.478 e. The van der Waals surface area contributed by atoms with Crippen molar-refractivity contribution in [1.82, 2.24) is 10.3 Å². The standard InChI is InChI=1S/C14H15N3O3S/c1-9-8-16-14(21-9)17-13(20)15-7-6-10-2-4-11(5-3-10)12(18)19/h2-5,8H,6-7H2,1H3,(H,18,19)(H2,15,16,17,20). The van der Waals surface area contributed by atoms with E-state index in [1.165, 1.54) is 11.3 Å². The molecule has 0 aliphatic carbocycles. The van der Waals surface area contributed by atoms with Gasteiger partial charge in [0.2, 0.25) is 0 Å². The number of hydrogen-bond acceptors (Lipinski definition) is 4. The number of carbonyl (C=O) groups is 2. The Kier molecular flexibility index (Phi) is 4.89. The summed E-state index contributed by atoms with van der Waals surface area (Å²) >= 11 is 1.41. The largest absolute Gasteiger partial charge is 0.478 e. The van der Waals surface area contributed by atoms with Gasteiger partial charge in [-0.1, -0.05) is 12.1 Å². The molecule has 0 atom stereocenters. The fourth-order valence-corrected chi connectivity index (χ4v) is 2.35. The van der Waals surface area contributed by atoms with Gasteiger partial charge in [0.05, 0.1) is 5.56 Å². The first-order valence-corrected chi connectivity index (χ1v) is 7.16. The van der Waals surface area contributed by atoms with E-state index in [2.05, 4.69) is 15.6 Å². The van der Waals surface area contributed by atoms with Crippen LogP contribution in [0.3, 0.4) is 0 Å². The zero-order valence-electron chi connectivity index (χ0n) is 11.4. The number of aromatic carboxylic acids is 1. The lowest BCUT2D eigenvalue weighted by atomic mass is 10.1. The maximum atomic E-state index is 11.6. The normalized spacial score (nSPS) is 10.1. The molecule has 0 spiro atoms. The summed E-state index contributed by atoms with van der Waals surface area (Å²) in [7, 11) is 0. The number of nitrogens with zero attached hydrogens (tertiary/aromatic N) is 1. The Hall–Kier alpha value is -2.41. The zero-order chi connectivity index (χ0) is 15.2. The van der Waals surface area contributed by atoms with Crippen LogP contribution in [0.2, 0.25) is 0 Å². The number of aromatic nitrogens is 1. The van der Waals surface area contributed by atoms with Crippen LogP contribution in [0.15, 0.2) is 30.5 Å². The molecule has 0 unspecified atom stereocenters.